The van der Waals surface area contributed by atoms with Crippen molar-refractivity contribution >= 4 is 45.1 Å². The molecule has 176 valence electrons. The number of thioether (sulfide) groups is 1. The van der Waals surface area contributed by atoms with Gasteiger partial charge >= 0.3 is 0 Å². The summed E-state index contributed by atoms with van der Waals surface area (Å²) >= 11 is 2.81. The number of rotatable bonds is 10. The molecule has 1 aliphatic rings. The van der Waals surface area contributed by atoms with Crippen molar-refractivity contribution in [3.8, 4) is 5.75 Å². The van der Waals surface area contributed by atoms with Gasteiger partial charge in [0.15, 0.2) is 4.80 Å². The minimum atomic E-state index is -0.226. The lowest BCUT2D eigenvalue weighted by Crippen LogP contribution is -2.43. The zero-order valence-corrected chi connectivity index (χ0v) is 20.8. The Kier molecular flexibility index (Phi) is 9.62. The summed E-state index contributed by atoms with van der Waals surface area (Å²) in [5.41, 5.74) is 1.01. The number of thiazole rings is 1. The number of aromatic nitrogens is 1. The number of carbonyl (C=O) groups is 2. The third-order valence-electron chi connectivity index (χ3n) is 5.42. The molecule has 2 amide bonds. The average molecular weight is 480 g/mol. The molecule has 0 aliphatic carbocycles. The number of hydrogen-bond acceptors (Lipinski definition) is 6. The van der Waals surface area contributed by atoms with Crippen molar-refractivity contribution < 1.29 is 19.1 Å². The highest BCUT2D eigenvalue weighted by Gasteiger charge is 2.23. The average Bonchev–Trinajstić information content (AvgIpc) is 3.10. The molecule has 1 aromatic heterocycles. The van der Waals surface area contributed by atoms with Gasteiger partial charge in [-0.05, 0) is 58.2 Å². The molecular weight excluding hydrogens is 446 g/mol. The van der Waals surface area contributed by atoms with Gasteiger partial charge < -0.3 is 18.9 Å². The highest BCUT2D eigenvalue weighted by atomic mass is 32.2. The maximum Gasteiger partial charge on any atom is 0.258 e. The largest absolute Gasteiger partial charge is 0.494 e. The number of carbonyl (C=O) groups excluding carboxylic acids is 2. The fraction of sp³-hybridized carbons (Fsp3) is 0.609. The van der Waals surface area contributed by atoms with Crippen molar-refractivity contribution in [1.82, 2.24) is 9.47 Å². The summed E-state index contributed by atoms with van der Waals surface area (Å²) < 4.78 is 14.2. The quantitative estimate of drug-likeness (QED) is 0.486. The summed E-state index contributed by atoms with van der Waals surface area (Å²) in [7, 11) is 0. The summed E-state index contributed by atoms with van der Waals surface area (Å²) in [5.74, 6) is 1.21. The smallest absolute Gasteiger partial charge is 0.258 e. The minimum Gasteiger partial charge on any atom is -0.494 e. The maximum atomic E-state index is 12.6. The number of likely N-dealkylation sites (tertiary alicyclic amines) is 1. The molecule has 1 atom stereocenters. The molecular formula is C23H33N3O4S2. The molecule has 9 heteroatoms. The number of benzene rings is 1. The van der Waals surface area contributed by atoms with Crippen LogP contribution in [0.2, 0.25) is 0 Å². The molecule has 0 saturated carbocycles. The van der Waals surface area contributed by atoms with Gasteiger partial charge in [-0.25, -0.2) is 0 Å². The fourth-order valence-corrected chi connectivity index (χ4v) is 5.61. The van der Waals surface area contributed by atoms with E-state index in [1.54, 1.807) is 0 Å². The number of amides is 2. The number of hydrogen-bond donors (Lipinski definition) is 0. The first-order chi connectivity index (χ1) is 15.5. The van der Waals surface area contributed by atoms with Crippen molar-refractivity contribution in [3.05, 3.63) is 23.0 Å². The van der Waals surface area contributed by atoms with Crippen LogP contribution in [0.4, 0.5) is 0 Å². The van der Waals surface area contributed by atoms with Crippen molar-refractivity contribution in [2.45, 2.75) is 52.6 Å². The van der Waals surface area contributed by atoms with Crippen LogP contribution < -0.4 is 9.54 Å². The topological polar surface area (TPSA) is 73.1 Å². The molecule has 1 aromatic carbocycles. The number of ether oxygens (including phenoxy) is 2. The SMILES string of the molecule is CCOCCn1c(=NC(=O)CSCC(=O)N2CCCCC2C)sc2cc(OCC)ccc21. The lowest BCUT2D eigenvalue weighted by Gasteiger charge is -2.33. The van der Waals surface area contributed by atoms with Crippen LogP contribution in [0.1, 0.15) is 40.0 Å². The van der Waals surface area contributed by atoms with Crippen molar-refractivity contribution in [2.24, 2.45) is 4.99 Å². The summed E-state index contributed by atoms with van der Waals surface area (Å²) in [4.78, 5) is 32.0. The van der Waals surface area contributed by atoms with Crippen LogP contribution in [-0.4, -0.2) is 65.2 Å². The zero-order chi connectivity index (χ0) is 22.9. The van der Waals surface area contributed by atoms with Gasteiger partial charge in [0.2, 0.25) is 5.91 Å². The summed E-state index contributed by atoms with van der Waals surface area (Å²) in [5, 5.41) is 0. The Morgan fingerprint density at radius 1 is 1.22 bits per heavy atom. The number of fused-ring (bicyclic) bond motifs is 1. The second kappa shape index (κ2) is 12.4. The van der Waals surface area contributed by atoms with E-state index in [4.69, 9.17) is 9.47 Å². The molecule has 2 heterocycles. The summed E-state index contributed by atoms with van der Waals surface area (Å²) in [6.07, 6.45) is 3.30. The number of nitrogens with zero attached hydrogens (tertiary/aromatic N) is 3. The van der Waals surface area contributed by atoms with Gasteiger partial charge in [-0.1, -0.05) is 11.3 Å². The van der Waals surface area contributed by atoms with Crippen LogP contribution >= 0.6 is 23.1 Å². The molecule has 0 radical (unpaired) electrons. The van der Waals surface area contributed by atoms with Gasteiger partial charge in [-0.2, -0.15) is 4.99 Å². The van der Waals surface area contributed by atoms with Crippen molar-refractivity contribution in [3.63, 3.8) is 0 Å². The van der Waals surface area contributed by atoms with E-state index in [-0.39, 0.29) is 17.6 Å². The highest BCUT2D eigenvalue weighted by molar-refractivity contribution is 8.00. The first-order valence-electron chi connectivity index (χ1n) is 11.3. The standard InChI is InChI=1S/C23H33N3O4S2/c1-4-29-13-12-26-19-10-9-18(30-5-2)14-20(19)32-23(26)24-21(27)15-31-16-22(28)25-11-7-6-8-17(25)3/h9-10,14,17H,4-8,11-13,15-16H2,1-3H3. The summed E-state index contributed by atoms with van der Waals surface area (Å²) in [6, 6.07) is 6.21. The molecule has 1 aliphatic heterocycles. The molecule has 2 aromatic rings. The van der Waals surface area contributed by atoms with Crippen molar-refractivity contribution in [1.29, 1.82) is 0 Å². The monoisotopic (exact) mass is 479 g/mol. The van der Waals surface area contributed by atoms with E-state index in [9.17, 15) is 9.59 Å². The van der Waals surface area contributed by atoms with Crippen LogP contribution in [0.15, 0.2) is 23.2 Å². The van der Waals surface area contributed by atoms with Gasteiger partial charge in [-0.15, -0.1) is 11.8 Å². The van der Waals surface area contributed by atoms with Gasteiger partial charge in [0, 0.05) is 25.7 Å². The van der Waals surface area contributed by atoms with E-state index in [1.165, 1.54) is 29.5 Å². The zero-order valence-electron chi connectivity index (χ0n) is 19.2. The van der Waals surface area contributed by atoms with Gasteiger partial charge in [-0.3, -0.25) is 9.59 Å². The first kappa shape index (κ1) is 24.8. The van der Waals surface area contributed by atoms with E-state index < -0.39 is 0 Å². The first-order valence-corrected chi connectivity index (χ1v) is 13.3. The lowest BCUT2D eigenvalue weighted by atomic mass is 10.0. The Labute approximate surface area is 197 Å². The minimum absolute atomic E-state index is 0.118. The Balaban J connectivity index is 1.69. The Morgan fingerprint density at radius 2 is 2.06 bits per heavy atom. The molecule has 1 unspecified atom stereocenters. The van der Waals surface area contributed by atoms with Gasteiger partial charge in [0.05, 0.1) is 34.9 Å². The van der Waals surface area contributed by atoms with Crippen LogP contribution in [0.3, 0.4) is 0 Å². The van der Waals surface area contributed by atoms with Crippen LogP contribution in [-0.2, 0) is 20.9 Å². The molecule has 32 heavy (non-hydrogen) atoms. The second-order valence-corrected chi connectivity index (χ2v) is 9.72. The summed E-state index contributed by atoms with van der Waals surface area (Å²) in [6.45, 7) is 9.25. The highest BCUT2D eigenvalue weighted by Crippen LogP contribution is 2.23. The Morgan fingerprint density at radius 3 is 2.81 bits per heavy atom. The third-order valence-corrected chi connectivity index (χ3v) is 7.37. The number of piperidine rings is 1. The van der Waals surface area contributed by atoms with Crippen LogP contribution in [0.5, 0.6) is 5.75 Å². The van der Waals surface area contributed by atoms with E-state index in [0.29, 0.717) is 43.0 Å². The van der Waals surface area contributed by atoms with Gasteiger partial charge in [0.25, 0.3) is 5.91 Å². The maximum absolute atomic E-state index is 12.6. The molecule has 0 N–H and O–H groups in total. The fourth-order valence-electron chi connectivity index (χ4n) is 3.83. The van der Waals surface area contributed by atoms with Crippen molar-refractivity contribution in [2.75, 3.05) is 37.9 Å². The lowest BCUT2D eigenvalue weighted by molar-refractivity contribution is -0.131. The molecule has 1 saturated heterocycles. The third kappa shape index (κ3) is 6.59. The van der Waals surface area contributed by atoms with Crippen LogP contribution in [0, 0.1) is 0 Å². The van der Waals surface area contributed by atoms with E-state index >= 15 is 0 Å². The molecule has 1 fully saturated rings. The Bertz CT molecular complexity index is 985. The van der Waals surface area contributed by atoms with E-state index in [1.807, 2.05) is 41.5 Å². The molecule has 3 rings (SSSR count). The Hall–Kier alpha value is -1.84. The predicted molar refractivity (Wildman–Crippen MR) is 130 cm³/mol. The van der Waals surface area contributed by atoms with E-state index in [2.05, 4.69) is 11.9 Å². The van der Waals surface area contributed by atoms with Gasteiger partial charge in [0.1, 0.15) is 5.75 Å². The molecule has 7 nitrogen and oxygen atoms in total. The predicted octanol–water partition coefficient (Wildman–Crippen LogP) is 3.70. The van der Waals surface area contributed by atoms with E-state index in [0.717, 1.165) is 35.4 Å². The van der Waals surface area contributed by atoms with Crippen LogP contribution in [0.25, 0.3) is 10.2 Å². The second-order valence-electron chi connectivity index (χ2n) is 7.73. The normalized spacial score (nSPS) is 17.2. The molecule has 0 spiro atoms. The molecule has 0 bridgehead atoms.